The first kappa shape index (κ1) is 20.3. The molecule has 1 N–H and O–H groups in total. The lowest BCUT2D eigenvalue weighted by Gasteiger charge is -2.39. The van der Waals surface area contributed by atoms with Crippen LogP contribution in [0.3, 0.4) is 0 Å². The number of rotatable bonds is 7. The first-order valence-corrected chi connectivity index (χ1v) is 11.7. The van der Waals surface area contributed by atoms with Crippen LogP contribution in [0.5, 0.6) is 0 Å². The molecule has 0 unspecified atom stereocenters. The molecule has 0 spiro atoms. The molecule has 0 bridgehead atoms. The zero-order chi connectivity index (χ0) is 19.3. The third kappa shape index (κ3) is 5.31. The van der Waals surface area contributed by atoms with E-state index in [1.165, 1.54) is 6.42 Å². The fraction of sp³-hybridized carbons (Fsp3) is 0.478. The molecule has 1 aliphatic carbocycles. The first-order chi connectivity index (χ1) is 13.0. The molecule has 0 amide bonds. The highest BCUT2D eigenvalue weighted by molar-refractivity contribution is 7.65. The van der Waals surface area contributed by atoms with Crippen molar-refractivity contribution in [1.29, 1.82) is 0 Å². The summed E-state index contributed by atoms with van der Waals surface area (Å²) in [5, 5.41) is 4.04. The van der Waals surface area contributed by atoms with E-state index in [9.17, 15) is 4.57 Å². The Balaban J connectivity index is 1.84. The van der Waals surface area contributed by atoms with E-state index in [0.717, 1.165) is 23.7 Å². The third-order valence-corrected chi connectivity index (χ3v) is 7.80. The molecule has 3 rings (SSSR count). The van der Waals surface area contributed by atoms with Crippen molar-refractivity contribution in [2.45, 2.75) is 52.7 Å². The van der Waals surface area contributed by atoms with Crippen molar-refractivity contribution in [3.63, 3.8) is 0 Å². The summed E-state index contributed by atoms with van der Waals surface area (Å²) in [6.45, 7) is 7.31. The molecule has 1 aliphatic rings. The van der Waals surface area contributed by atoms with Gasteiger partial charge in [0.1, 0.15) is 0 Å². The Labute approximate surface area is 164 Å². The zero-order valence-corrected chi connectivity index (χ0v) is 17.6. The molecule has 2 aromatic carbocycles. The predicted octanol–water partition coefficient (Wildman–Crippen LogP) is 5.77. The molecular formula is C23H32NO2P. The summed E-state index contributed by atoms with van der Waals surface area (Å²) in [6.07, 6.45) is 3.39. The van der Waals surface area contributed by atoms with Gasteiger partial charge in [-0.3, -0.25) is 4.57 Å². The van der Waals surface area contributed by atoms with Crippen molar-refractivity contribution in [3.8, 4) is 0 Å². The lowest BCUT2D eigenvalue weighted by Crippen LogP contribution is -2.36. The van der Waals surface area contributed by atoms with E-state index < -0.39 is 7.52 Å². The largest absolute Gasteiger partial charge is 0.311 e. The Bertz CT molecular complexity index is 747. The van der Waals surface area contributed by atoms with Gasteiger partial charge in [-0.2, -0.15) is 0 Å². The first-order valence-electron chi connectivity index (χ1n) is 10.1. The quantitative estimate of drug-likeness (QED) is 0.615. The normalized spacial score (nSPS) is 25.3. The van der Waals surface area contributed by atoms with Crippen molar-refractivity contribution in [1.82, 2.24) is 5.09 Å². The van der Waals surface area contributed by atoms with Crippen molar-refractivity contribution in [2.75, 3.05) is 0 Å². The van der Waals surface area contributed by atoms with Gasteiger partial charge in [-0.25, -0.2) is 5.09 Å². The van der Waals surface area contributed by atoms with Crippen LogP contribution < -0.4 is 10.4 Å². The van der Waals surface area contributed by atoms with Crippen molar-refractivity contribution in [3.05, 3.63) is 66.2 Å². The van der Waals surface area contributed by atoms with Crippen molar-refractivity contribution < 1.29 is 9.09 Å². The van der Waals surface area contributed by atoms with E-state index in [-0.39, 0.29) is 6.10 Å². The fourth-order valence-electron chi connectivity index (χ4n) is 4.03. The lowest BCUT2D eigenvalue weighted by atomic mass is 9.75. The molecule has 4 heteroatoms. The maximum atomic E-state index is 14.0. The highest BCUT2D eigenvalue weighted by Gasteiger charge is 2.37. The van der Waals surface area contributed by atoms with Crippen LogP contribution in [0.15, 0.2) is 60.7 Å². The predicted molar refractivity (Wildman–Crippen MR) is 113 cm³/mol. The minimum absolute atomic E-state index is 0.0306. The van der Waals surface area contributed by atoms with E-state index in [4.69, 9.17) is 4.52 Å². The second kappa shape index (κ2) is 9.19. The summed E-state index contributed by atoms with van der Waals surface area (Å²) in [5.74, 6) is 1.60. The second-order valence-electron chi connectivity index (χ2n) is 8.18. The maximum Gasteiger partial charge on any atom is 0.300 e. The molecule has 0 heterocycles. The lowest BCUT2D eigenvalue weighted by molar-refractivity contribution is 0.0483. The summed E-state index contributed by atoms with van der Waals surface area (Å²) in [4.78, 5) is 0. The van der Waals surface area contributed by atoms with Crippen LogP contribution in [0.2, 0.25) is 0 Å². The van der Waals surface area contributed by atoms with E-state index in [1.54, 1.807) is 0 Å². The van der Waals surface area contributed by atoms with Crippen LogP contribution in [0, 0.1) is 17.8 Å². The van der Waals surface area contributed by atoms with Crippen LogP contribution in [0.1, 0.15) is 45.6 Å². The summed E-state index contributed by atoms with van der Waals surface area (Å²) < 4.78 is 20.5. The summed E-state index contributed by atoms with van der Waals surface area (Å²) in [6, 6.07) is 19.7. The SMILES string of the molecule is CC(C)[C@@H]1CC[C@@H](C)C[C@H]1O[P@](=O)(NCc1ccccc1)c1ccccc1. The summed E-state index contributed by atoms with van der Waals surface area (Å²) in [5.41, 5.74) is 1.11. The summed E-state index contributed by atoms with van der Waals surface area (Å²) in [7, 11) is -3.16. The van der Waals surface area contributed by atoms with E-state index in [2.05, 4.69) is 25.9 Å². The van der Waals surface area contributed by atoms with Gasteiger partial charge in [0.25, 0.3) is 7.52 Å². The Hall–Kier alpha value is -1.41. The van der Waals surface area contributed by atoms with Gasteiger partial charge in [0, 0.05) is 6.54 Å². The number of benzene rings is 2. The van der Waals surface area contributed by atoms with Gasteiger partial charge in [-0.15, -0.1) is 0 Å². The highest BCUT2D eigenvalue weighted by Crippen LogP contribution is 2.48. The van der Waals surface area contributed by atoms with Gasteiger partial charge in [-0.05, 0) is 48.3 Å². The van der Waals surface area contributed by atoms with Crippen LogP contribution in [-0.4, -0.2) is 6.10 Å². The van der Waals surface area contributed by atoms with Gasteiger partial charge >= 0.3 is 0 Å². The molecule has 3 nitrogen and oxygen atoms in total. The number of hydrogen-bond donors (Lipinski definition) is 1. The average molecular weight is 385 g/mol. The molecule has 0 aromatic heterocycles. The van der Waals surface area contributed by atoms with E-state index in [0.29, 0.717) is 24.3 Å². The van der Waals surface area contributed by atoms with Gasteiger partial charge in [0.15, 0.2) is 0 Å². The Morgan fingerprint density at radius 1 is 1.04 bits per heavy atom. The minimum Gasteiger partial charge on any atom is -0.311 e. The van der Waals surface area contributed by atoms with Crippen LogP contribution in [0.25, 0.3) is 0 Å². The summed E-state index contributed by atoms with van der Waals surface area (Å²) >= 11 is 0. The minimum atomic E-state index is -3.16. The molecule has 0 saturated heterocycles. The van der Waals surface area contributed by atoms with Crippen LogP contribution in [-0.2, 0) is 15.6 Å². The molecule has 2 aromatic rings. The smallest absolute Gasteiger partial charge is 0.300 e. The molecule has 4 atom stereocenters. The fourth-order valence-corrected chi connectivity index (χ4v) is 5.99. The topological polar surface area (TPSA) is 38.3 Å². The Kier molecular flexibility index (Phi) is 6.92. The van der Waals surface area contributed by atoms with Gasteiger partial charge in [0.2, 0.25) is 0 Å². The number of nitrogens with one attached hydrogen (secondary N) is 1. The van der Waals surface area contributed by atoms with Crippen molar-refractivity contribution in [2.24, 2.45) is 17.8 Å². The molecule has 0 aliphatic heterocycles. The Morgan fingerprint density at radius 2 is 1.67 bits per heavy atom. The highest BCUT2D eigenvalue weighted by atomic mass is 31.2. The van der Waals surface area contributed by atoms with Gasteiger partial charge in [0.05, 0.1) is 11.4 Å². The van der Waals surface area contributed by atoms with Crippen LogP contribution in [0.4, 0.5) is 0 Å². The van der Waals surface area contributed by atoms with E-state index >= 15 is 0 Å². The molecule has 27 heavy (non-hydrogen) atoms. The Morgan fingerprint density at radius 3 is 2.30 bits per heavy atom. The molecule has 0 radical (unpaired) electrons. The molecule has 1 fully saturated rings. The zero-order valence-electron chi connectivity index (χ0n) is 16.7. The van der Waals surface area contributed by atoms with E-state index in [1.807, 2.05) is 60.7 Å². The van der Waals surface area contributed by atoms with Crippen LogP contribution >= 0.6 is 7.52 Å². The van der Waals surface area contributed by atoms with Crippen molar-refractivity contribution >= 4 is 12.8 Å². The monoisotopic (exact) mass is 385 g/mol. The number of hydrogen-bond acceptors (Lipinski definition) is 2. The molecular weight excluding hydrogens is 353 g/mol. The molecule has 146 valence electrons. The third-order valence-electron chi connectivity index (χ3n) is 5.68. The standard InChI is InChI=1S/C23H32NO2P/c1-18(2)22-15-14-19(3)16-23(22)26-27(25,21-12-8-5-9-13-21)24-17-20-10-6-4-7-11-20/h4-13,18-19,22-23H,14-17H2,1-3H3,(H,24,25)/t19-,22+,23-,27+/m1/s1. The van der Waals surface area contributed by atoms with Gasteiger partial charge < -0.3 is 4.52 Å². The second-order valence-corrected chi connectivity index (χ2v) is 10.3. The van der Waals surface area contributed by atoms with Gasteiger partial charge in [-0.1, -0.05) is 75.7 Å². The maximum absolute atomic E-state index is 14.0. The molecule has 1 saturated carbocycles. The average Bonchev–Trinajstić information content (AvgIpc) is 2.68.